The second-order valence-corrected chi connectivity index (χ2v) is 5.88. The molecule has 2 aromatic rings. The molecule has 0 atom stereocenters. The number of imidazole rings is 1. The largest absolute Gasteiger partial charge is 0.334 e. The van der Waals surface area contributed by atoms with Gasteiger partial charge in [0.05, 0.1) is 17.1 Å². The van der Waals surface area contributed by atoms with E-state index < -0.39 is 0 Å². The predicted molar refractivity (Wildman–Crippen MR) is 77.1 cm³/mol. The first-order chi connectivity index (χ1) is 9.11. The molecule has 2 aromatic heterocycles. The van der Waals surface area contributed by atoms with Crippen LogP contribution in [0.15, 0.2) is 12.4 Å². The van der Waals surface area contributed by atoms with Crippen molar-refractivity contribution in [1.29, 1.82) is 0 Å². The number of aryl methyl sites for hydroxylation is 1. The van der Waals surface area contributed by atoms with Crippen LogP contribution in [-0.4, -0.2) is 31.1 Å². The van der Waals surface area contributed by atoms with Crippen LogP contribution in [0.4, 0.5) is 0 Å². The van der Waals surface area contributed by atoms with Gasteiger partial charge in [-0.1, -0.05) is 18.3 Å². The second-order valence-electron chi connectivity index (χ2n) is 5.04. The van der Waals surface area contributed by atoms with Crippen LogP contribution in [-0.2, 0) is 19.6 Å². The van der Waals surface area contributed by atoms with Crippen LogP contribution in [0.5, 0.6) is 0 Å². The molecule has 2 heterocycles. The van der Waals surface area contributed by atoms with Gasteiger partial charge in [0.2, 0.25) is 0 Å². The van der Waals surface area contributed by atoms with E-state index in [0.29, 0.717) is 5.92 Å². The van der Waals surface area contributed by atoms with Gasteiger partial charge in [-0.05, 0) is 31.4 Å². The average Bonchev–Trinajstić information content (AvgIpc) is 2.97. The van der Waals surface area contributed by atoms with Crippen LogP contribution in [0.2, 0.25) is 0 Å². The molecule has 0 saturated heterocycles. The Balaban J connectivity index is 2.01. The summed E-state index contributed by atoms with van der Waals surface area (Å²) < 4.78 is 6.24. The molecule has 19 heavy (non-hydrogen) atoms. The maximum Gasteiger partial charge on any atom is 0.122 e. The van der Waals surface area contributed by atoms with Crippen molar-refractivity contribution in [2.75, 3.05) is 7.05 Å². The molecule has 0 aliphatic carbocycles. The highest BCUT2D eigenvalue weighted by atomic mass is 32.1. The Bertz CT molecular complexity index is 517. The Labute approximate surface area is 118 Å². The topological polar surface area (TPSA) is 46.8 Å². The van der Waals surface area contributed by atoms with E-state index in [0.717, 1.165) is 31.2 Å². The molecule has 5 nitrogen and oxygen atoms in total. The molecule has 0 saturated carbocycles. The van der Waals surface area contributed by atoms with Gasteiger partial charge < -0.3 is 4.57 Å². The van der Waals surface area contributed by atoms with Gasteiger partial charge in [-0.15, -0.1) is 5.10 Å². The highest BCUT2D eigenvalue weighted by Crippen LogP contribution is 2.21. The molecule has 0 unspecified atom stereocenters. The van der Waals surface area contributed by atoms with Gasteiger partial charge >= 0.3 is 0 Å². The highest BCUT2D eigenvalue weighted by molar-refractivity contribution is 7.05. The Hall–Kier alpha value is -1.27. The Morgan fingerprint density at radius 1 is 1.37 bits per heavy atom. The van der Waals surface area contributed by atoms with E-state index in [4.69, 9.17) is 0 Å². The van der Waals surface area contributed by atoms with Gasteiger partial charge in [0, 0.05) is 25.5 Å². The third kappa shape index (κ3) is 3.39. The highest BCUT2D eigenvalue weighted by Gasteiger charge is 2.14. The Kier molecular flexibility index (Phi) is 4.66. The van der Waals surface area contributed by atoms with Gasteiger partial charge in [-0.25, -0.2) is 4.98 Å². The van der Waals surface area contributed by atoms with Crippen molar-refractivity contribution < 1.29 is 0 Å². The fourth-order valence-corrected chi connectivity index (χ4v) is 2.96. The van der Waals surface area contributed by atoms with E-state index in [1.54, 1.807) is 0 Å². The van der Waals surface area contributed by atoms with E-state index in [2.05, 4.69) is 51.9 Å². The molecule has 0 aliphatic heterocycles. The van der Waals surface area contributed by atoms with Crippen molar-refractivity contribution in [3.63, 3.8) is 0 Å². The third-order valence-corrected chi connectivity index (χ3v) is 3.82. The van der Waals surface area contributed by atoms with Crippen molar-refractivity contribution in [3.8, 4) is 0 Å². The van der Waals surface area contributed by atoms with Crippen molar-refractivity contribution in [1.82, 2.24) is 24.0 Å². The van der Waals surface area contributed by atoms with Crippen molar-refractivity contribution in [2.24, 2.45) is 0 Å². The molecular weight excluding hydrogens is 258 g/mol. The van der Waals surface area contributed by atoms with E-state index in [1.165, 1.54) is 16.4 Å². The quantitative estimate of drug-likeness (QED) is 0.815. The summed E-state index contributed by atoms with van der Waals surface area (Å²) in [6.07, 6.45) is 3.89. The maximum atomic E-state index is 4.41. The summed E-state index contributed by atoms with van der Waals surface area (Å²) in [5.74, 6) is 1.54. The third-order valence-electron chi connectivity index (χ3n) is 3.10. The molecule has 104 valence electrons. The number of nitrogens with zero attached hydrogens (tertiary/aromatic N) is 5. The van der Waals surface area contributed by atoms with Crippen LogP contribution in [0, 0.1) is 0 Å². The van der Waals surface area contributed by atoms with Crippen molar-refractivity contribution in [2.45, 2.75) is 46.3 Å². The number of hydrogen-bond donors (Lipinski definition) is 0. The minimum atomic E-state index is 0.430. The van der Waals surface area contributed by atoms with E-state index in [-0.39, 0.29) is 0 Å². The summed E-state index contributed by atoms with van der Waals surface area (Å²) in [4.78, 5) is 7.92. The molecule has 0 spiro atoms. The maximum absolute atomic E-state index is 4.41. The van der Waals surface area contributed by atoms with Crippen LogP contribution in [0.1, 0.15) is 43.1 Å². The summed E-state index contributed by atoms with van der Waals surface area (Å²) in [5.41, 5.74) is 1.12. The van der Waals surface area contributed by atoms with Gasteiger partial charge in [-0.3, -0.25) is 4.90 Å². The van der Waals surface area contributed by atoms with E-state index >= 15 is 0 Å². The zero-order valence-electron chi connectivity index (χ0n) is 12.0. The minimum absolute atomic E-state index is 0.430. The molecule has 6 heteroatoms. The van der Waals surface area contributed by atoms with Crippen molar-refractivity contribution >= 4 is 11.5 Å². The molecule has 0 radical (unpaired) electrons. The lowest BCUT2D eigenvalue weighted by molar-refractivity contribution is 0.306. The van der Waals surface area contributed by atoms with Gasteiger partial charge in [0.1, 0.15) is 5.82 Å². The van der Waals surface area contributed by atoms with Crippen LogP contribution >= 0.6 is 11.5 Å². The molecule has 0 aromatic carbocycles. The molecular formula is C13H21N5S. The van der Waals surface area contributed by atoms with Crippen molar-refractivity contribution in [3.05, 3.63) is 28.8 Å². The first kappa shape index (κ1) is 14.1. The fraction of sp³-hybridized carbons (Fsp3) is 0.615. The molecule has 0 N–H and O–H groups in total. The van der Waals surface area contributed by atoms with Gasteiger partial charge in [0.25, 0.3) is 0 Å². The lowest BCUT2D eigenvalue weighted by atomic mass is 10.1. The monoisotopic (exact) mass is 279 g/mol. The summed E-state index contributed by atoms with van der Waals surface area (Å²) in [7, 11) is 2.11. The molecule has 0 fully saturated rings. The Morgan fingerprint density at radius 2 is 2.16 bits per heavy atom. The zero-order valence-corrected chi connectivity index (χ0v) is 12.8. The first-order valence-electron chi connectivity index (χ1n) is 6.61. The normalized spacial score (nSPS) is 11.7. The first-order valence-corrected chi connectivity index (χ1v) is 7.38. The summed E-state index contributed by atoms with van der Waals surface area (Å²) in [6.45, 7) is 9.13. The van der Waals surface area contributed by atoms with Gasteiger partial charge in [-0.2, -0.15) is 0 Å². The lowest BCUT2D eigenvalue weighted by Crippen LogP contribution is -2.20. The van der Waals surface area contributed by atoms with E-state index in [1.807, 2.05) is 12.4 Å². The molecule has 2 rings (SSSR count). The summed E-state index contributed by atoms with van der Waals surface area (Å²) in [6, 6.07) is 0. The minimum Gasteiger partial charge on any atom is -0.334 e. The summed E-state index contributed by atoms with van der Waals surface area (Å²) >= 11 is 1.50. The second kappa shape index (κ2) is 6.25. The standard InChI is InChI=1S/C13H21N5S/c1-5-18-7-6-14-12(18)9-17(4)8-11-13(10(2)3)15-16-19-11/h6-7,10H,5,8-9H2,1-4H3. The fourth-order valence-electron chi connectivity index (χ4n) is 2.09. The Morgan fingerprint density at radius 3 is 2.84 bits per heavy atom. The van der Waals surface area contributed by atoms with E-state index in [9.17, 15) is 0 Å². The van der Waals surface area contributed by atoms with Gasteiger partial charge in [0.15, 0.2) is 0 Å². The number of rotatable bonds is 6. The zero-order chi connectivity index (χ0) is 13.8. The molecule has 0 aliphatic rings. The SMILES string of the molecule is CCn1ccnc1CN(C)Cc1snnc1C(C)C. The smallest absolute Gasteiger partial charge is 0.122 e. The molecule has 0 bridgehead atoms. The predicted octanol–water partition coefficient (Wildman–Crippen LogP) is 2.51. The van der Waals surface area contributed by atoms with Crippen LogP contribution in [0.25, 0.3) is 0 Å². The number of hydrogen-bond acceptors (Lipinski definition) is 5. The average molecular weight is 279 g/mol. The molecule has 0 amide bonds. The summed E-state index contributed by atoms with van der Waals surface area (Å²) in [5, 5.41) is 4.22. The number of aromatic nitrogens is 4. The lowest BCUT2D eigenvalue weighted by Gasteiger charge is -2.16. The van der Waals surface area contributed by atoms with Crippen LogP contribution in [0.3, 0.4) is 0 Å². The van der Waals surface area contributed by atoms with Crippen LogP contribution < -0.4 is 0 Å².